The number of hydrogen-bond acceptors (Lipinski definition) is 6. The third kappa shape index (κ3) is 10.8. The molecule has 0 N–H and O–H groups in total. The first kappa shape index (κ1) is 63.9. The number of aromatic nitrogens is 9. The third-order valence-electron chi connectivity index (χ3n) is 22.1. The predicted molar refractivity (Wildman–Crippen MR) is 453 cm³/mol. The van der Waals surface area contributed by atoms with Gasteiger partial charge in [-0.2, -0.15) is 0 Å². The van der Waals surface area contributed by atoms with Crippen LogP contribution in [-0.2, 0) is 5.41 Å². The quantitative estimate of drug-likeness (QED) is 0.135. The molecule has 0 amide bonds. The summed E-state index contributed by atoms with van der Waals surface area (Å²) in [5.74, 6) is 2.75. The average Bonchev–Trinajstić information content (AvgIpc) is 1.58. The maximum Gasteiger partial charge on any atom is 0.165 e. The van der Waals surface area contributed by atoms with Crippen molar-refractivity contribution >= 4 is 87.4 Å². The summed E-state index contributed by atoms with van der Waals surface area (Å²) in [6.07, 6.45) is 0. The summed E-state index contributed by atoms with van der Waals surface area (Å²) in [5, 5.41) is 8.34. The molecule has 0 atom stereocenters. The lowest BCUT2D eigenvalue weighted by atomic mass is 9.82. The Bertz CT molecular complexity index is 7200. The van der Waals surface area contributed by atoms with Gasteiger partial charge in [-0.05, 0) is 148 Å². The van der Waals surface area contributed by atoms with Crippen LogP contribution in [0.2, 0.25) is 0 Å². The van der Waals surface area contributed by atoms with Crippen molar-refractivity contribution in [2.75, 3.05) is 0 Å². The van der Waals surface area contributed by atoms with E-state index >= 15 is 0 Å². The summed E-state index contributed by atoms with van der Waals surface area (Å²) < 4.78 is 7.04. The molecule has 6 aromatic heterocycles. The van der Waals surface area contributed by atoms with E-state index < -0.39 is 0 Å². The first-order valence-corrected chi connectivity index (χ1v) is 37.4. The zero-order valence-corrected chi connectivity index (χ0v) is 60.2. The van der Waals surface area contributed by atoms with Gasteiger partial charge in [0, 0.05) is 82.3 Å². The minimum Gasteiger partial charge on any atom is -0.309 e. The van der Waals surface area contributed by atoms with Gasteiger partial charge < -0.3 is 9.13 Å². The zero-order valence-electron chi connectivity index (χ0n) is 60.2. The van der Waals surface area contributed by atoms with Gasteiger partial charge in [0.05, 0.1) is 55.3 Å². The summed E-state index contributed by atoms with van der Waals surface area (Å²) in [6, 6.07) is 131. The van der Waals surface area contributed by atoms with Gasteiger partial charge in [0.1, 0.15) is 5.69 Å². The Morgan fingerprint density at radius 1 is 0.227 bits per heavy atom. The fourth-order valence-corrected chi connectivity index (χ4v) is 16.8. The maximum atomic E-state index is 5.34. The number of para-hydroxylation sites is 6. The molecular weight excluding hydrogens is 1340 g/mol. The van der Waals surface area contributed by atoms with E-state index in [2.05, 4.69) is 301 Å². The molecule has 15 aromatic carbocycles. The standard InChI is InChI=1S/C53H33N5.C48H34N4/c1-2-14-35(15-3-1)52-53(56-47-22-9-8-21-46(47)55-52)58-49-24-11-5-18-40(49)42-28-25-37(33-51(42)58)36-27-30-50-43(32-36)41-19-6-10-23-48(41)57(50)39-17-12-16-38(31-39)45-29-26-34-13-4-7-20-44(34)54-45;1-48(2)41-22-11-9-20-37(41)39-29-33(24-26-42(39)48)34-25-27-44-40(30-34)38-21-10-12-23-43(38)52(44)36-19-13-18-35(28-36)47-50-45(31-14-5-3-6-15-31)49-46(51-47)32-16-7-4-8-17-32/h1-33H;3-30H,1-2H3. The number of hydrogen-bond donors (Lipinski definition) is 0. The van der Waals surface area contributed by atoms with Crippen molar-refractivity contribution in [3.05, 3.63) is 381 Å². The molecule has 21 aromatic rings. The Morgan fingerprint density at radius 3 is 1.30 bits per heavy atom. The van der Waals surface area contributed by atoms with Gasteiger partial charge >= 0.3 is 0 Å². The topological polar surface area (TPSA) is 92.1 Å². The van der Waals surface area contributed by atoms with E-state index in [9.17, 15) is 0 Å². The van der Waals surface area contributed by atoms with Crippen LogP contribution < -0.4 is 0 Å². The summed E-state index contributed by atoms with van der Waals surface area (Å²) in [4.78, 5) is 30.5. The van der Waals surface area contributed by atoms with Crippen molar-refractivity contribution in [3.8, 4) is 107 Å². The lowest BCUT2D eigenvalue weighted by molar-refractivity contribution is 0.660. The molecule has 22 rings (SSSR count). The number of pyridine rings is 1. The highest BCUT2D eigenvalue weighted by atomic mass is 15.1. The normalized spacial score (nSPS) is 12.3. The first-order valence-electron chi connectivity index (χ1n) is 37.4. The number of rotatable bonds is 10. The largest absolute Gasteiger partial charge is 0.309 e. The molecule has 516 valence electrons. The Balaban J connectivity index is 0.000000141. The van der Waals surface area contributed by atoms with Gasteiger partial charge in [-0.25, -0.2) is 29.9 Å². The van der Waals surface area contributed by atoms with E-state index in [1.54, 1.807) is 0 Å². The van der Waals surface area contributed by atoms with Crippen molar-refractivity contribution in [1.82, 2.24) is 43.6 Å². The van der Waals surface area contributed by atoms with E-state index in [1.807, 2.05) is 97.1 Å². The molecule has 1 aliphatic rings. The van der Waals surface area contributed by atoms with Gasteiger partial charge in [-0.1, -0.05) is 281 Å². The van der Waals surface area contributed by atoms with E-state index in [1.165, 1.54) is 65.7 Å². The van der Waals surface area contributed by atoms with Crippen LogP contribution in [0.25, 0.3) is 195 Å². The zero-order chi connectivity index (χ0) is 73.0. The Hall–Kier alpha value is -14.5. The van der Waals surface area contributed by atoms with E-state index in [-0.39, 0.29) is 5.41 Å². The molecule has 0 spiro atoms. The number of fused-ring (bicyclic) bond motifs is 14. The fourth-order valence-electron chi connectivity index (χ4n) is 16.8. The number of benzene rings is 15. The molecule has 110 heavy (non-hydrogen) atoms. The van der Waals surface area contributed by atoms with Crippen LogP contribution in [0.15, 0.2) is 370 Å². The first-order chi connectivity index (χ1) is 54.3. The van der Waals surface area contributed by atoms with Crippen LogP contribution in [0.1, 0.15) is 25.0 Å². The predicted octanol–water partition coefficient (Wildman–Crippen LogP) is 25.3. The summed E-state index contributed by atoms with van der Waals surface area (Å²) in [5.41, 5.74) is 28.6. The second kappa shape index (κ2) is 25.9. The van der Waals surface area contributed by atoms with Gasteiger partial charge in [-0.15, -0.1) is 0 Å². The van der Waals surface area contributed by atoms with Crippen molar-refractivity contribution in [2.45, 2.75) is 19.3 Å². The average molecular weight is 1410 g/mol. The van der Waals surface area contributed by atoms with E-state index in [4.69, 9.17) is 29.9 Å². The second-order valence-electron chi connectivity index (χ2n) is 29.0. The van der Waals surface area contributed by atoms with Crippen LogP contribution in [-0.4, -0.2) is 43.6 Å². The summed E-state index contributed by atoms with van der Waals surface area (Å²) >= 11 is 0. The molecule has 6 heterocycles. The lowest BCUT2D eigenvalue weighted by Crippen LogP contribution is -2.14. The third-order valence-corrected chi connectivity index (χ3v) is 22.1. The summed E-state index contributed by atoms with van der Waals surface area (Å²) in [7, 11) is 0. The molecule has 0 saturated carbocycles. The Morgan fingerprint density at radius 2 is 0.664 bits per heavy atom. The van der Waals surface area contributed by atoms with Crippen LogP contribution in [0.4, 0.5) is 0 Å². The molecule has 1 aliphatic carbocycles. The SMILES string of the molecule is CC1(C)c2ccccc2-c2cc(-c3ccc4c(c3)c3ccccc3n4-c3cccc(-c4nc(-c5ccccc5)nc(-c5ccccc5)n4)c3)ccc21.c1ccc(-c2nc3ccccc3nc2-n2c3ccccc3c3ccc(-c4ccc5c(c4)c4ccccc4n5-c4cccc(-c5ccc6ccccc6n5)c4)cc32)cc1. The molecule has 0 bridgehead atoms. The van der Waals surface area contributed by atoms with Crippen LogP contribution in [0, 0.1) is 0 Å². The van der Waals surface area contributed by atoms with Crippen molar-refractivity contribution in [1.29, 1.82) is 0 Å². The van der Waals surface area contributed by atoms with Crippen LogP contribution in [0.5, 0.6) is 0 Å². The Labute approximate surface area is 634 Å². The number of nitrogens with zero attached hydrogens (tertiary/aromatic N) is 9. The molecule has 0 fully saturated rings. The molecule has 0 saturated heterocycles. The monoisotopic (exact) mass is 1410 g/mol. The smallest absolute Gasteiger partial charge is 0.165 e. The summed E-state index contributed by atoms with van der Waals surface area (Å²) in [6.45, 7) is 4.66. The van der Waals surface area contributed by atoms with Crippen LogP contribution >= 0.6 is 0 Å². The van der Waals surface area contributed by atoms with Gasteiger partial charge in [0.25, 0.3) is 0 Å². The minimum absolute atomic E-state index is 0.0100. The molecule has 9 nitrogen and oxygen atoms in total. The molecule has 0 aliphatic heterocycles. The Kier molecular flexibility index (Phi) is 15.0. The minimum atomic E-state index is -0.0100. The second-order valence-corrected chi connectivity index (χ2v) is 29.0. The van der Waals surface area contributed by atoms with Crippen molar-refractivity contribution in [2.24, 2.45) is 0 Å². The van der Waals surface area contributed by atoms with E-state index in [0.29, 0.717) is 17.5 Å². The molecular formula is C101H67N9. The highest BCUT2D eigenvalue weighted by Crippen LogP contribution is 2.50. The molecule has 9 heteroatoms. The van der Waals surface area contributed by atoms with Crippen molar-refractivity contribution < 1.29 is 0 Å². The lowest BCUT2D eigenvalue weighted by Gasteiger charge is -2.21. The van der Waals surface area contributed by atoms with E-state index in [0.717, 1.165) is 123 Å². The maximum absolute atomic E-state index is 5.34. The highest BCUT2D eigenvalue weighted by Gasteiger charge is 2.35. The van der Waals surface area contributed by atoms with Crippen LogP contribution in [0.3, 0.4) is 0 Å². The fraction of sp³-hybridized carbons (Fsp3) is 0.0297. The molecule has 0 unspecified atom stereocenters. The highest BCUT2D eigenvalue weighted by molar-refractivity contribution is 6.14. The van der Waals surface area contributed by atoms with Gasteiger partial charge in [0.15, 0.2) is 23.3 Å². The van der Waals surface area contributed by atoms with Gasteiger partial charge in [-0.3, -0.25) is 4.57 Å². The molecule has 0 radical (unpaired) electrons. The van der Waals surface area contributed by atoms with Crippen molar-refractivity contribution in [3.63, 3.8) is 0 Å². The van der Waals surface area contributed by atoms with Gasteiger partial charge in [0.2, 0.25) is 0 Å².